The lowest BCUT2D eigenvalue weighted by atomic mass is 9.86. The molecule has 1 aliphatic carbocycles. The molecule has 3 aromatic rings. The van der Waals surface area contributed by atoms with Crippen LogP contribution >= 0.6 is 0 Å². The maximum absolute atomic E-state index is 13.5. The number of aryl methyl sites for hydroxylation is 1. The molecule has 1 aliphatic heterocycles. The largest absolute Gasteiger partial charge is 0.454 e. The van der Waals surface area contributed by atoms with E-state index < -0.39 is 5.41 Å². The van der Waals surface area contributed by atoms with E-state index >= 15 is 0 Å². The smallest absolute Gasteiger partial charge is 0.253 e. The fourth-order valence-electron chi connectivity index (χ4n) is 5.20. The summed E-state index contributed by atoms with van der Waals surface area (Å²) in [5, 5.41) is 0. The summed E-state index contributed by atoms with van der Waals surface area (Å²) in [6, 6.07) is 20.1. The van der Waals surface area contributed by atoms with Crippen LogP contribution in [0, 0.1) is 0 Å². The monoisotopic (exact) mass is 483 g/mol. The summed E-state index contributed by atoms with van der Waals surface area (Å²) in [5.74, 6) is 1.77. The van der Waals surface area contributed by atoms with E-state index in [2.05, 4.69) is 25.1 Å². The minimum absolute atomic E-state index is 0.0554. The maximum Gasteiger partial charge on any atom is 0.253 e. The van der Waals surface area contributed by atoms with E-state index in [4.69, 9.17) is 9.47 Å². The van der Waals surface area contributed by atoms with Crippen molar-refractivity contribution in [1.82, 2.24) is 4.90 Å². The van der Waals surface area contributed by atoms with Crippen molar-refractivity contribution in [3.8, 4) is 22.6 Å². The molecule has 5 heteroatoms. The molecule has 0 saturated heterocycles. The second-order valence-electron chi connectivity index (χ2n) is 9.65. The van der Waals surface area contributed by atoms with Crippen molar-refractivity contribution in [3.05, 3.63) is 82.9 Å². The summed E-state index contributed by atoms with van der Waals surface area (Å²) in [6.45, 7) is 7.75. The molecule has 1 fully saturated rings. The summed E-state index contributed by atoms with van der Waals surface area (Å²) < 4.78 is 11.0. The number of Topliss-reactive ketones (excluding diaryl/α,β-unsaturated/α-hetero) is 1. The Morgan fingerprint density at radius 1 is 0.861 bits per heavy atom. The van der Waals surface area contributed by atoms with Crippen LogP contribution < -0.4 is 9.47 Å². The molecule has 5 rings (SSSR count). The van der Waals surface area contributed by atoms with Crippen LogP contribution in [0.15, 0.2) is 60.7 Å². The van der Waals surface area contributed by atoms with Crippen LogP contribution in [0.1, 0.15) is 60.7 Å². The fourth-order valence-corrected chi connectivity index (χ4v) is 5.20. The van der Waals surface area contributed by atoms with E-state index in [1.807, 2.05) is 61.2 Å². The number of carbonyl (C=O) groups excluding carboxylic acids is 2. The van der Waals surface area contributed by atoms with E-state index in [9.17, 15) is 9.59 Å². The number of ether oxygens (including phenoxy) is 2. The molecule has 0 aromatic heterocycles. The van der Waals surface area contributed by atoms with Crippen molar-refractivity contribution in [1.29, 1.82) is 0 Å². The van der Waals surface area contributed by atoms with Gasteiger partial charge in [-0.3, -0.25) is 9.59 Å². The molecule has 1 heterocycles. The average molecular weight is 484 g/mol. The number of fused-ring (bicyclic) bond motifs is 1. The van der Waals surface area contributed by atoms with Crippen LogP contribution in [0.5, 0.6) is 11.5 Å². The first-order valence-electron chi connectivity index (χ1n) is 12.9. The van der Waals surface area contributed by atoms with Crippen LogP contribution in [0.3, 0.4) is 0 Å². The van der Waals surface area contributed by atoms with Crippen molar-refractivity contribution in [2.75, 3.05) is 19.9 Å². The van der Waals surface area contributed by atoms with E-state index in [0.717, 1.165) is 53.0 Å². The van der Waals surface area contributed by atoms with Crippen LogP contribution in [-0.2, 0) is 23.1 Å². The van der Waals surface area contributed by atoms with Crippen molar-refractivity contribution in [2.45, 2.75) is 51.9 Å². The van der Waals surface area contributed by atoms with Gasteiger partial charge in [0.25, 0.3) is 5.91 Å². The van der Waals surface area contributed by atoms with Gasteiger partial charge in [-0.1, -0.05) is 43.3 Å². The van der Waals surface area contributed by atoms with Gasteiger partial charge in [-0.25, -0.2) is 0 Å². The quantitative estimate of drug-likeness (QED) is 0.376. The normalized spacial score (nSPS) is 15.0. The second kappa shape index (κ2) is 9.81. The zero-order chi connectivity index (χ0) is 25.3. The molecule has 0 spiro atoms. The van der Waals surface area contributed by atoms with Gasteiger partial charge in [0.15, 0.2) is 11.5 Å². The molecule has 2 aliphatic rings. The van der Waals surface area contributed by atoms with Crippen molar-refractivity contribution < 1.29 is 19.1 Å². The Labute approximate surface area is 213 Å². The molecule has 0 unspecified atom stereocenters. The number of hydrogen-bond donors (Lipinski definition) is 0. The summed E-state index contributed by atoms with van der Waals surface area (Å²) in [6.07, 6.45) is 3.02. The number of nitrogens with zero attached hydrogens (tertiary/aromatic N) is 1. The Hall–Kier alpha value is -3.60. The molecule has 0 atom stereocenters. The Kier molecular flexibility index (Phi) is 6.57. The molecule has 0 bridgehead atoms. The third-order valence-corrected chi connectivity index (χ3v) is 7.62. The van der Waals surface area contributed by atoms with Gasteiger partial charge in [-0.05, 0) is 85.2 Å². The molecule has 0 radical (unpaired) electrons. The summed E-state index contributed by atoms with van der Waals surface area (Å²) in [5.41, 5.74) is 5.73. The number of ketones is 1. The Bertz CT molecular complexity index is 1290. The predicted octanol–water partition coefficient (Wildman–Crippen LogP) is 5.97. The van der Waals surface area contributed by atoms with Gasteiger partial charge in [0.05, 0.1) is 5.41 Å². The molecule has 3 aromatic carbocycles. The minimum atomic E-state index is -0.420. The molecule has 36 heavy (non-hydrogen) atoms. The average Bonchev–Trinajstić information content (AvgIpc) is 3.60. The third kappa shape index (κ3) is 4.39. The Morgan fingerprint density at radius 2 is 1.58 bits per heavy atom. The van der Waals surface area contributed by atoms with Gasteiger partial charge in [0.2, 0.25) is 6.79 Å². The highest BCUT2D eigenvalue weighted by Crippen LogP contribution is 2.51. The maximum atomic E-state index is 13.5. The SMILES string of the molecule is CCc1ccc(CC(=O)C2(c3ccc4c(c3)OCO4)CC2)cc1-c1ccc(C(=O)N(CC)CC)cc1. The minimum Gasteiger partial charge on any atom is -0.454 e. The Morgan fingerprint density at radius 3 is 2.25 bits per heavy atom. The van der Waals surface area contributed by atoms with Crippen LogP contribution in [0.2, 0.25) is 0 Å². The van der Waals surface area contributed by atoms with Crippen LogP contribution in [0.4, 0.5) is 0 Å². The molecule has 1 amide bonds. The molecular formula is C31H33NO4. The van der Waals surface area contributed by atoms with Gasteiger partial charge in [0.1, 0.15) is 5.78 Å². The molecular weight excluding hydrogens is 450 g/mol. The summed E-state index contributed by atoms with van der Waals surface area (Å²) in [4.78, 5) is 28.1. The summed E-state index contributed by atoms with van der Waals surface area (Å²) in [7, 11) is 0. The van der Waals surface area contributed by atoms with Gasteiger partial charge < -0.3 is 14.4 Å². The molecule has 0 N–H and O–H groups in total. The molecule has 5 nitrogen and oxygen atoms in total. The predicted molar refractivity (Wildman–Crippen MR) is 141 cm³/mol. The lowest BCUT2D eigenvalue weighted by molar-refractivity contribution is -0.120. The highest BCUT2D eigenvalue weighted by Gasteiger charge is 2.50. The van der Waals surface area contributed by atoms with Crippen LogP contribution in [0.25, 0.3) is 11.1 Å². The van der Waals surface area contributed by atoms with E-state index in [1.165, 1.54) is 5.56 Å². The van der Waals surface area contributed by atoms with Gasteiger partial charge in [0, 0.05) is 25.1 Å². The zero-order valence-corrected chi connectivity index (χ0v) is 21.3. The van der Waals surface area contributed by atoms with Crippen molar-refractivity contribution in [2.24, 2.45) is 0 Å². The second-order valence-corrected chi connectivity index (χ2v) is 9.65. The van der Waals surface area contributed by atoms with Crippen molar-refractivity contribution >= 4 is 11.7 Å². The Balaban J connectivity index is 1.37. The molecule has 1 saturated carbocycles. The zero-order valence-electron chi connectivity index (χ0n) is 21.3. The molecule has 186 valence electrons. The van der Waals surface area contributed by atoms with Gasteiger partial charge >= 0.3 is 0 Å². The first kappa shape index (κ1) is 24.1. The third-order valence-electron chi connectivity index (χ3n) is 7.62. The number of rotatable bonds is 9. The van der Waals surface area contributed by atoms with E-state index in [1.54, 1.807) is 0 Å². The highest BCUT2D eigenvalue weighted by atomic mass is 16.7. The van der Waals surface area contributed by atoms with Crippen LogP contribution in [-0.4, -0.2) is 36.5 Å². The standard InChI is InChI=1S/C31H33NO4/c1-4-22-8-7-21(17-26(22)23-9-11-24(12-10-23)30(34)32(5-2)6-3)18-29(33)31(15-16-31)25-13-14-27-28(19-25)36-20-35-27/h7-14,17,19H,4-6,15-16,18,20H2,1-3H3. The number of amides is 1. The topological polar surface area (TPSA) is 55.8 Å². The number of hydrogen-bond acceptors (Lipinski definition) is 4. The first-order valence-corrected chi connectivity index (χ1v) is 12.9. The lowest BCUT2D eigenvalue weighted by Crippen LogP contribution is -2.30. The number of benzene rings is 3. The van der Waals surface area contributed by atoms with Crippen molar-refractivity contribution in [3.63, 3.8) is 0 Å². The first-order chi connectivity index (χ1) is 17.5. The lowest BCUT2D eigenvalue weighted by Gasteiger charge is -2.19. The highest BCUT2D eigenvalue weighted by molar-refractivity contribution is 5.96. The fraction of sp³-hybridized carbons (Fsp3) is 0.355. The van der Waals surface area contributed by atoms with Gasteiger partial charge in [-0.2, -0.15) is 0 Å². The van der Waals surface area contributed by atoms with E-state index in [-0.39, 0.29) is 18.5 Å². The summed E-state index contributed by atoms with van der Waals surface area (Å²) >= 11 is 0. The van der Waals surface area contributed by atoms with Gasteiger partial charge in [-0.15, -0.1) is 0 Å². The number of carbonyl (C=O) groups is 2. The van der Waals surface area contributed by atoms with E-state index in [0.29, 0.717) is 25.1 Å².